The van der Waals surface area contributed by atoms with Crippen molar-refractivity contribution in [3.05, 3.63) is 45.4 Å². The number of nitrogens with one attached hydrogen (secondary N) is 3. The number of carbonyl (C=O) groups excluding carboxylic acids is 1. The van der Waals surface area contributed by atoms with Gasteiger partial charge in [0.1, 0.15) is 4.90 Å². The first-order valence-electron chi connectivity index (χ1n) is 7.31. The Hall–Kier alpha value is -1.75. The number of aliphatic hydroxyl groups is 1. The van der Waals surface area contributed by atoms with Gasteiger partial charge >= 0.3 is 6.03 Å². The van der Waals surface area contributed by atoms with Crippen LogP contribution in [0.25, 0.3) is 0 Å². The van der Waals surface area contributed by atoms with Crippen molar-refractivity contribution >= 4 is 62.2 Å². The van der Waals surface area contributed by atoms with Crippen LogP contribution in [0.4, 0.5) is 16.2 Å². The van der Waals surface area contributed by atoms with Crippen molar-refractivity contribution in [1.29, 1.82) is 0 Å². The highest BCUT2D eigenvalue weighted by atomic mass is 35.5. The van der Waals surface area contributed by atoms with Crippen molar-refractivity contribution in [3.63, 3.8) is 0 Å². The summed E-state index contributed by atoms with van der Waals surface area (Å²) >= 11 is 17.7. The zero-order chi connectivity index (χ0) is 20.2. The Kier molecular flexibility index (Phi) is 7.15. The molecule has 146 valence electrons. The topological polar surface area (TPSA) is 128 Å². The number of halogens is 3. The number of aromatic hydroxyl groups is 1. The molecule has 0 aromatic heterocycles. The van der Waals surface area contributed by atoms with E-state index in [0.717, 1.165) is 0 Å². The van der Waals surface area contributed by atoms with E-state index < -0.39 is 33.3 Å². The Bertz CT molecular complexity index is 969. The lowest BCUT2D eigenvalue weighted by Crippen LogP contribution is -2.27. The minimum Gasteiger partial charge on any atom is -0.504 e. The lowest BCUT2D eigenvalue weighted by Gasteiger charge is -2.14. The number of phenols is 1. The monoisotopic (exact) mass is 453 g/mol. The number of hydrogen-bond acceptors (Lipinski definition) is 5. The molecule has 2 amide bonds. The SMILES string of the molecule is O=C(Nc1ccc(Cl)c(S(=O)(=O)NCCO)c1O)Nc1cccc(Cl)c1Cl. The zero-order valence-electron chi connectivity index (χ0n) is 13.5. The second kappa shape index (κ2) is 8.96. The molecule has 0 fully saturated rings. The highest BCUT2D eigenvalue weighted by Gasteiger charge is 2.25. The van der Waals surface area contributed by atoms with Crippen LogP contribution >= 0.6 is 34.8 Å². The zero-order valence-corrected chi connectivity index (χ0v) is 16.5. The molecule has 0 saturated carbocycles. The summed E-state index contributed by atoms with van der Waals surface area (Å²) < 4.78 is 26.5. The predicted octanol–water partition coefficient (Wildman–Crippen LogP) is 3.27. The summed E-state index contributed by atoms with van der Waals surface area (Å²) in [7, 11) is -4.22. The van der Waals surface area contributed by atoms with Crippen molar-refractivity contribution in [2.75, 3.05) is 23.8 Å². The van der Waals surface area contributed by atoms with Gasteiger partial charge < -0.3 is 20.8 Å². The smallest absolute Gasteiger partial charge is 0.323 e. The average Bonchev–Trinajstić information content (AvgIpc) is 2.59. The van der Waals surface area contributed by atoms with Gasteiger partial charge in [-0.15, -0.1) is 0 Å². The lowest BCUT2D eigenvalue weighted by molar-refractivity contribution is 0.262. The molecule has 0 bridgehead atoms. The van der Waals surface area contributed by atoms with E-state index >= 15 is 0 Å². The Labute approximate surface area is 170 Å². The minimum absolute atomic E-state index is 0.117. The number of benzene rings is 2. The number of rotatable bonds is 6. The van der Waals surface area contributed by atoms with Crippen LogP contribution in [0.1, 0.15) is 0 Å². The molecule has 0 heterocycles. The Morgan fingerprint density at radius 1 is 1.00 bits per heavy atom. The van der Waals surface area contributed by atoms with Crippen LogP contribution in [0.15, 0.2) is 35.2 Å². The molecule has 0 radical (unpaired) electrons. The molecule has 27 heavy (non-hydrogen) atoms. The number of sulfonamides is 1. The maximum Gasteiger partial charge on any atom is 0.323 e. The minimum atomic E-state index is -4.22. The number of hydrogen-bond donors (Lipinski definition) is 5. The maximum absolute atomic E-state index is 12.2. The summed E-state index contributed by atoms with van der Waals surface area (Å²) in [5, 5.41) is 23.8. The summed E-state index contributed by atoms with van der Waals surface area (Å²) in [4.78, 5) is 11.5. The molecular weight excluding hydrogens is 441 g/mol. The average molecular weight is 455 g/mol. The number of amides is 2. The fourth-order valence-electron chi connectivity index (χ4n) is 2.03. The molecule has 0 spiro atoms. The Morgan fingerprint density at radius 2 is 1.67 bits per heavy atom. The van der Waals surface area contributed by atoms with Crippen LogP contribution in [0.5, 0.6) is 5.75 Å². The number of aliphatic hydroxyl groups excluding tert-OH is 1. The highest BCUT2D eigenvalue weighted by molar-refractivity contribution is 7.89. The van der Waals surface area contributed by atoms with E-state index in [2.05, 4.69) is 15.4 Å². The van der Waals surface area contributed by atoms with Gasteiger partial charge in [0.25, 0.3) is 0 Å². The number of carbonyl (C=O) groups is 1. The van der Waals surface area contributed by atoms with Gasteiger partial charge in [-0.25, -0.2) is 17.9 Å². The normalized spacial score (nSPS) is 11.3. The van der Waals surface area contributed by atoms with E-state index in [-0.39, 0.29) is 33.0 Å². The second-order valence-electron chi connectivity index (χ2n) is 5.07. The Morgan fingerprint density at radius 3 is 2.33 bits per heavy atom. The largest absolute Gasteiger partial charge is 0.504 e. The first-order valence-corrected chi connectivity index (χ1v) is 9.93. The van der Waals surface area contributed by atoms with Crippen molar-refractivity contribution in [3.8, 4) is 5.75 Å². The molecule has 2 rings (SSSR count). The number of urea groups is 1. The van der Waals surface area contributed by atoms with E-state index in [4.69, 9.17) is 39.9 Å². The second-order valence-corrected chi connectivity index (χ2v) is 7.97. The first kappa shape index (κ1) is 21.5. The summed E-state index contributed by atoms with van der Waals surface area (Å²) in [5.41, 5.74) is 0.00648. The standard InChI is InChI=1S/C15H14Cl3N3O5S/c16-8-2-1-3-10(12(8)18)20-15(24)21-11-5-4-9(17)14(13(11)23)27(25,26)19-6-7-22/h1-5,19,22-23H,6-7H2,(H2,20,21,24). The van der Waals surface area contributed by atoms with Gasteiger partial charge in [0.05, 0.1) is 33.0 Å². The highest BCUT2D eigenvalue weighted by Crippen LogP contribution is 2.37. The van der Waals surface area contributed by atoms with Gasteiger partial charge in [-0.1, -0.05) is 40.9 Å². The summed E-state index contributed by atoms with van der Waals surface area (Å²) in [6.45, 7) is -0.720. The van der Waals surface area contributed by atoms with Crippen molar-refractivity contribution < 1.29 is 23.4 Å². The lowest BCUT2D eigenvalue weighted by atomic mass is 10.3. The van der Waals surface area contributed by atoms with Crippen LogP contribution < -0.4 is 15.4 Å². The third-order valence-corrected chi connectivity index (χ3v) is 5.98. The van der Waals surface area contributed by atoms with Crippen LogP contribution in [0, 0.1) is 0 Å². The summed E-state index contributed by atoms with van der Waals surface area (Å²) in [5.74, 6) is -0.764. The van der Waals surface area contributed by atoms with E-state index in [1.165, 1.54) is 24.3 Å². The number of phenolic OH excluding ortho intramolecular Hbond substituents is 1. The van der Waals surface area contributed by atoms with Crippen LogP contribution in [-0.4, -0.2) is 37.8 Å². The predicted molar refractivity (Wildman–Crippen MR) is 104 cm³/mol. The number of anilines is 2. The van der Waals surface area contributed by atoms with E-state index in [1.54, 1.807) is 6.07 Å². The van der Waals surface area contributed by atoms with Gasteiger partial charge in [0.2, 0.25) is 10.0 Å². The molecule has 8 nitrogen and oxygen atoms in total. The molecular formula is C15H14Cl3N3O5S. The molecule has 5 N–H and O–H groups in total. The summed E-state index contributed by atoms with van der Waals surface area (Å²) in [6, 6.07) is 6.22. The Balaban J connectivity index is 2.28. The summed E-state index contributed by atoms with van der Waals surface area (Å²) in [6.07, 6.45) is 0. The van der Waals surface area contributed by atoms with E-state index in [1.807, 2.05) is 0 Å². The van der Waals surface area contributed by atoms with E-state index in [0.29, 0.717) is 0 Å². The van der Waals surface area contributed by atoms with Gasteiger partial charge in [0, 0.05) is 6.54 Å². The molecule has 0 aliphatic heterocycles. The van der Waals surface area contributed by atoms with Gasteiger partial charge in [-0.3, -0.25) is 0 Å². The maximum atomic E-state index is 12.2. The quantitative estimate of drug-likeness (QED) is 0.428. The third kappa shape index (κ3) is 5.16. The molecule has 0 saturated heterocycles. The third-order valence-electron chi connectivity index (χ3n) is 3.20. The van der Waals surface area contributed by atoms with Crippen LogP contribution in [0.2, 0.25) is 15.1 Å². The van der Waals surface area contributed by atoms with Crippen molar-refractivity contribution in [1.82, 2.24) is 4.72 Å². The molecule has 2 aromatic rings. The molecule has 2 aromatic carbocycles. The molecule has 12 heteroatoms. The fraction of sp³-hybridized carbons (Fsp3) is 0.133. The molecule has 0 unspecified atom stereocenters. The van der Waals surface area contributed by atoms with Crippen LogP contribution in [0.3, 0.4) is 0 Å². The van der Waals surface area contributed by atoms with Gasteiger partial charge in [-0.2, -0.15) is 0 Å². The first-order chi connectivity index (χ1) is 12.7. The van der Waals surface area contributed by atoms with Crippen LogP contribution in [-0.2, 0) is 10.0 Å². The molecule has 0 atom stereocenters. The van der Waals surface area contributed by atoms with E-state index in [9.17, 15) is 18.3 Å². The van der Waals surface area contributed by atoms with Gasteiger partial charge in [0.15, 0.2) is 5.75 Å². The van der Waals surface area contributed by atoms with Crippen molar-refractivity contribution in [2.24, 2.45) is 0 Å². The molecule has 0 aliphatic carbocycles. The molecule has 0 aliphatic rings. The van der Waals surface area contributed by atoms with Crippen molar-refractivity contribution in [2.45, 2.75) is 4.90 Å². The fourth-order valence-corrected chi connectivity index (χ4v) is 4.03. The van der Waals surface area contributed by atoms with Gasteiger partial charge in [-0.05, 0) is 24.3 Å².